The van der Waals surface area contributed by atoms with Gasteiger partial charge in [0.25, 0.3) is 5.78 Å². The fraction of sp³-hybridized carbons (Fsp3) is 0.273. The van der Waals surface area contributed by atoms with Crippen molar-refractivity contribution in [3.05, 3.63) is 22.7 Å². The van der Waals surface area contributed by atoms with Gasteiger partial charge in [-0.25, -0.2) is 4.79 Å². The van der Waals surface area contributed by atoms with E-state index in [1.807, 2.05) is 0 Å². The van der Waals surface area contributed by atoms with Crippen molar-refractivity contribution in [1.82, 2.24) is 0 Å². The van der Waals surface area contributed by atoms with Crippen LogP contribution < -0.4 is 9.47 Å². The number of hydrogen-bond acceptors (Lipinski definition) is 4. The van der Waals surface area contributed by atoms with Gasteiger partial charge in [-0.05, 0) is 12.1 Å². The molecule has 0 aliphatic carbocycles. The molecule has 0 bridgehead atoms. The minimum Gasteiger partial charge on any atom is -0.490 e. The summed E-state index contributed by atoms with van der Waals surface area (Å²) in [4.78, 5) is 22.0. The molecule has 0 fully saturated rings. The van der Waals surface area contributed by atoms with Gasteiger partial charge in [0.15, 0.2) is 11.5 Å². The first-order valence-electron chi connectivity index (χ1n) is 4.97. The van der Waals surface area contributed by atoms with Gasteiger partial charge in [0.05, 0.1) is 23.8 Å². The monoisotopic (exact) mass is 256 g/mol. The number of ether oxygens (including phenoxy) is 2. The van der Waals surface area contributed by atoms with E-state index in [2.05, 4.69) is 0 Å². The summed E-state index contributed by atoms with van der Waals surface area (Å²) in [5, 5.41) is 8.62. The van der Waals surface area contributed by atoms with E-state index in [0.29, 0.717) is 25.4 Å². The smallest absolute Gasteiger partial charge is 0.377 e. The van der Waals surface area contributed by atoms with Crippen LogP contribution in [0.15, 0.2) is 12.1 Å². The fourth-order valence-electron chi connectivity index (χ4n) is 1.49. The molecule has 17 heavy (non-hydrogen) atoms. The van der Waals surface area contributed by atoms with E-state index < -0.39 is 11.8 Å². The van der Waals surface area contributed by atoms with Crippen LogP contribution in [0.4, 0.5) is 0 Å². The zero-order valence-corrected chi connectivity index (χ0v) is 9.49. The topological polar surface area (TPSA) is 72.8 Å². The Balaban J connectivity index is 2.48. The van der Waals surface area contributed by atoms with Crippen LogP contribution >= 0.6 is 11.6 Å². The van der Waals surface area contributed by atoms with Crippen LogP contribution in [0.25, 0.3) is 0 Å². The zero-order valence-electron chi connectivity index (χ0n) is 8.73. The molecule has 1 aliphatic rings. The lowest BCUT2D eigenvalue weighted by atomic mass is 10.1. The summed E-state index contributed by atoms with van der Waals surface area (Å²) in [7, 11) is 0. The maximum absolute atomic E-state index is 11.4. The van der Waals surface area contributed by atoms with Crippen molar-refractivity contribution in [2.75, 3.05) is 13.2 Å². The van der Waals surface area contributed by atoms with Crippen molar-refractivity contribution in [3.63, 3.8) is 0 Å². The molecular weight excluding hydrogens is 248 g/mol. The van der Waals surface area contributed by atoms with Crippen molar-refractivity contribution < 1.29 is 24.2 Å². The Kier molecular flexibility index (Phi) is 3.19. The maximum atomic E-state index is 11.4. The molecule has 1 N–H and O–H groups in total. The third-order valence-corrected chi connectivity index (χ3v) is 2.67. The van der Waals surface area contributed by atoms with Crippen LogP contribution in [-0.4, -0.2) is 30.1 Å². The number of aliphatic carboxylic acids is 1. The minimum atomic E-state index is -1.55. The summed E-state index contributed by atoms with van der Waals surface area (Å²) in [6, 6.07) is 2.81. The highest BCUT2D eigenvalue weighted by Gasteiger charge is 2.24. The molecule has 1 aliphatic heterocycles. The molecule has 0 amide bonds. The second-order valence-corrected chi connectivity index (χ2v) is 3.82. The lowest BCUT2D eigenvalue weighted by molar-refractivity contribution is -0.131. The number of halogens is 1. The molecule has 90 valence electrons. The summed E-state index contributed by atoms with van der Waals surface area (Å²) in [6.07, 6.45) is 0.702. The van der Waals surface area contributed by atoms with Crippen LogP contribution in [-0.2, 0) is 4.79 Å². The molecule has 1 aromatic rings. The molecule has 0 saturated carbocycles. The Morgan fingerprint density at radius 1 is 1.24 bits per heavy atom. The van der Waals surface area contributed by atoms with Gasteiger partial charge in [-0.3, -0.25) is 4.79 Å². The number of benzene rings is 1. The second-order valence-electron chi connectivity index (χ2n) is 3.44. The molecule has 1 aromatic carbocycles. The molecular formula is C11H9ClO5. The molecule has 0 radical (unpaired) electrons. The van der Waals surface area contributed by atoms with E-state index in [1.165, 1.54) is 12.1 Å². The Bertz CT molecular complexity index is 483. The summed E-state index contributed by atoms with van der Waals surface area (Å²) in [5.74, 6) is -1.96. The fourth-order valence-corrected chi connectivity index (χ4v) is 1.79. The Morgan fingerprint density at radius 3 is 2.65 bits per heavy atom. The van der Waals surface area contributed by atoms with E-state index in [1.54, 1.807) is 0 Å². The predicted octanol–water partition coefficient (Wildman–Crippen LogP) is 1.77. The number of fused-ring (bicyclic) bond motifs is 1. The lowest BCUT2D eigenvalue weighted by Gasteiger charge is -2.10. The summed E-state index contributed by atoms with van der Waals surface area (Å²) >= 11 is 5.95. The van der Waals surface area contributed by atoms with E-state index in [-0.39, 0.29) is 16.3 Å². The molecule has 0 aromatic heterocycles. The number of rotatable bonds is 2. The van der Waals surface area contributed by atoms with Gasteiger partial charge < -0.3 is 14.6 Å². The standard InChI is InChI=1S/C11H9ClO5/c12-8-6(9(13)11(14)15)2-3-7-10(8)17-5-1-4-16-7/h2-3H,1,4-5H2,(H,14,15). The first-order chi connectivity index (χ1) is 8.11. The third kappa shape index (κ3) is 2.19. The van der Waals surface area contributed by atoms with Crippen LogP contribution in [0, 0.1) is 0 Å². The van der Waals surface area contributed by atoms with Crippen LogP contribution in [0.3, 0.4) is 0 Å². The third-order valence-electron chi connectivity index (χ3n) is 2.29. The van der Waals surface area contributed by atoms with Crippen molar-refractivity contribution in [3.8, 4) is 11.5 Å². The normalized spacial score (nSPS) is 13.9. The van der Waals surface area contributed by atoms with Gasteiger partial charge in [0, 0.05) is 6.42 Å². The lowest BCUT2D eigenvalue weighted by Crippen LogP contribution is -2.13. The van der Waals surface area contributed by atoms with Gasteiger partial charge >= 0.3 is 5.97 Å². The molecule has 1 heterocycles. The molecule has 0 spiro atoms. The molecule has 0 unspecified atom stereocenters. The van der Waals surface area contributed by atoms with Gasteiger partial charge in [-0.2, -0.15) is 0 Å². The predicted molar refractivity (Wildman–Crippen MR) is 59.0 cm³/mol. The summed E-state index contributed by atoms with van der Waals surface area (Å²) < 4.78 is 10.7. The average Bonchev–Trinajstić information content (AvgIpc) is 2.54. The number of carboxylic acid groups (broad SMARTS) is 1. The molecule has 0 atom stereocenters. The van der Waals surface area contributed by atoms with E-state index in [0.717, 1.165) is 0 Å². The number of carbonyl (C=O) groups is 2. The highest BCUT2D eigenvalue weighted by atomic mass is 35.5. The molecule has 5 nitrogen and oxygen atoms in total. The first kappa shape index (κ1) is 11.7. The van der Waals surface area contributed by atoms with Crippen molar-refractivity contribution >= 4 is 23.4 Å². The molecule has 6 heteroatoms. The first-order valence-corrected chi connectivity index (χ1v) is 5.35. The van der Waals surface area contributed by atoms with Crippen molar-refractivity contribution in [2.24, 2.45) is 0 Å². The molecule has 2 rings (SSSR count). The van der Waals surface area contributed by atoms with E-state index >= 15 is 0 Å². The Labute approximate surface area is 102 Å². The number of ketones is 1. The number of carboxylic acids is 1. The number of hydrogen-bond donors (Lipinski definition) is 1. The number of Topliss-reactive ketones (excluding diaryl/α,β-unsaturated/α-hetero) is 1. The quantitative estimate of drug-likeness (QED) is 0.645. The highest BCUT2D eigenvalue weighted by molar-refractivity contribution is 6.45. The Hall–Kier alpha value is -1.75. The van der Waals surface area contributed by atoms with Gasteiger partial charge in [0.1, 0.15) is 0 Å². The highest BCUT2D eigenvalue weighted by Crippen LogP contribution is 2.39. The van der Waals surface area contributed by atoms with Crippen molar-refractivity contribution in [2.45, 2.75) is 6.42 Å². The minimum absolute atomic E-state index is 0.0169. The summed E-state index contributed by atoms with van der Waals surface area (Å²) in [6.45, 7) is 0.910. The summed E-state index contributed by atoms with van der Waals surface area (Å²) in [5.41, 5.74) is -0.0941. The Morgan fingerprint density at radius 2 is 1.94 bits per heavy atom. The number of carbonyl (C=O) groups excluding carboxylic acids is 1. The van der Waals surface area contributed by atoms with Crippen LogP contribution in [0.2, 0.25) is 5.02 Å². The van der Waals surface area contributed by atoms with Crippen LogP contribution in [0.5, 0.6) is 11.5 Å². The maximum Gasteiger partial charge on any atom is 0.377 e. The van der Waals surface area contributed by atoms with Gasteiger partial charge in [0.2, 0.25) is 0 Å². The van der Waals surface area contributed by atoms with Crippen molar-refractivity contribution in [1.29, 1.82) is 0 Å². The SMILES string of the molecule is O=C(O)C(=O)c1ccc2c(c1Cl)OCCCO2. The van der Waals surface area contributed by atoms with Crippen LogP contribution in [0.1, 0.15) is 16.8 Å². The van der Waals surface area contributed by atoms with Gasteiger partial charge in [-0.15, -0.1) is 0 Å². The van der Waals surface area contributed by atoms with E-state index in [4.69, 9.17) is 26.2 Å². The molecule has 0 saturated heterocycles. The second kappa shape index (κ2) is 4.63. The zero-order chi connectivity index (χ0) is 12.4. The van der Waals surface area contributed by atoms with Gasteiger partial charge in [-0.1, -0.05) is 11.6 Å². The average molecular weight is 257 g/mol. The largest absolute Gasteiger partial charge is 0.490 e. The van der Waals surface area contributed by atoms with E-state index in [9.17, 15) is 9.59 Å².